The van der Waals surface area contributed by atoms with E-state index >= 15 is 0 Å². The summed E-state index contributed by atoms with van der Waals surface area (Å²) in [5.74, 6) is -1.72. The summed E-state index contributed by atoms with van der Waals surface area (Å²) in [4.78, 5) is 36.5. The van der Waals surface area contributed by atoms with Gasteiger partial charge in [0.05, 0.1) is 11.6 Å². The molecule has 27 heavy (non-hydrogen) atoms. The molecule has 1 aliphatic heterocycles. The van der Waals surface area contributed by atoms with E-state index in [1.807, 2.05) is 30.3 Å². The molecule has 7 nitrogen and oxygen atoms in total. The van der Waals surface area contributed by atoms with Gasteiger partial charge in [-0.15, -0.1) is 0 Å². The Morgan fingerprint density at radius 2 is 1.67 bits per heavy atom. The fourth-order valence-corrected chi connectivity index (χ4v) is 4.43. The molecule has 0 aliphatic carbocycles. The third-order valence-corrected chi connectivity index (χ3v) is 6.09. The van der Waals surface area contributed by atoms with Gasteiger partial charge in [0.25, 0.3) is 15.9 Å². The number of Topliss-reactive ketones (excluding diaryl/α,β-unsaturated/α-hetero) is 1. The van der Waals surface area contributed by atoms with Crippen LogP contribution in [0.4, 0.5) is 0 Å². The second-order valence-corrected chi connectivity index (χ2v) is 8.06. The Balaban J connectivity index is 1.73. The number of fused-ring (bicyclic) bond motifs is 1. The van der Waals surface area contributed by atoms with E-state index in [2.05, 4.69) is 5.32 Å². The van der Waals surface area contributed by atoms with Crippen molar-refractivity contribution in [3.8, 4) is 0 Å². The van der Waals surface area contributed by atoms with E-state index in [0.29, 0.717) is 4.31 Å². The molecule has 2 aromatic carbocycles. The lowest BCUT2D eigenvalue weighted by molar-refractivity contribution is -0.126. The van der Waals surface area contributed by atoms with Gasteiger partial charge in [0.15, 0.2) is 5.78 Å². The molecular formula is C19H18N2O5S. The minimum absolute atomic E-state index is 0.0395. The number of carbonyl (C=O) groups excluding carboxylic acids is 3. The third-order valence-electron chi connectivity index (χ3n) is 4.31. The zero-order chi connectivity index (χ0) is 19.6. The van der Waals surface area contributed by atoms with Gasteiger partial charge >= 0.3 is 0 Å². The molecule has 1 aliphatic rings. The lowest BCUT2D eigenvalue weighted by atomic mass is 10.0. The largest absolute Gasteiger partial charge is 0.344 e. The maximum absolute atomic E-state index is 12.5. The topological polar surface area (TPSA) is 101 Å². The minimum Gasteiger partial charge on any atom is -0.344 e. The predicted octanol–water partition coefficient (Wildman–Crippen LogP) is 1.15. The second kappa shape index (κ2) is 7.32. The number of ketones is 1. The zero-order valence-corrected chi connectivity index (χ0v) is 15.4. The van der Waals surface area contributed by atoms with Crippen LogP contribution in [0.3, 0.4) is 0 Å². The second-order valence-electron chi connectivity index (χ2n) is 6.23. The van der Waals surface area contributed by atoms with Gasteiger partial charge < -0.3 is 5.32 Å². The number of benzene rings is 2. The first-order valence-corrected chi connectivity index (χ1v) is 9.74. The van der Waals surface area contributed by atoms with Crippen LogP contribution in [0.1, 0.15) is 22.8 Å². The van der Waals surface area contributed by atoms with Crippen molar-refractivity contribution in [1.82, 2.24) is 9.62 Å². The molecule has 0 spiro atoms. The molecule has 0 aromatic heterocycles. The zero-order valence-electron chi connectivity index (χ0n) is 14.6. The van der Waals surface area contributed by atoms with Crippen LogP contribution in [-0.4, -0.2) is 42.9 Å². The number of nitrogens with zero attached hydrogens (tertiary/aromatic N) is 1. The minimum atomic E-state index is -4.07. The molecule has 0 saturated heterocycles. The summed E-state index contributed by atoms with van der Waals surface area (Å²) in [5.41, 5.74) is 0.896. The molecule has 2 amide bonds. The average molecular weight is 386 g/mol. The molecule has 0 fully saturated rings. The van der Waals surface area contributed by atoms with E-state index in [1.54, 1.807) is 6.07 Å². The molecular weight excluding hydrogens is 368 g/mol. The predicted molar refractivity (Wildman–Crippen MR) is 97.4 cm³/mol. The summed E-state index contributed by atoms with van der Waals surface area (Å²) in [6.45, 7) is 0.676. The molecule has 0 bridgehead atoms. The number of hydrogen-bond donors (Lipinski definition) is 1. The highest BCUT2D eigenvalue weighted by Gasteiger charge is 2.42. The summed E-state index contributed by atoms with van der Waals surface area (Å²) < 4.78 is 25.5. The van der Waals surface area contributed by atoms with Crippen LogP contribution in [0.5, 0.6) is 0 Å². The quantitative estimate of drug-likeness (QED) is 0.803. The summed E-state index contributed by atoms with van der Waals surface area (Å²) >= 11 is 0. The third kappa shape index (κ3) is 3.75. The van der Waals surface area contributed by atoms with E-state index in [1.165, 1.54) is 25.1 Å². The van der Waals surface area contributed by atoms with Crippen molar-refractivity contribution >= 4 is 27.6 Å². The maximum Gasteiger partial charge on any atom is 0.269 e. The van der Waals surface area contributed by atoms with Gasteiger partial charge in [0.1, 0.15) is 11.4 Å². The van der Waals surface area contributed by atoms with E-state index in [4.69, 9.17) is 0 Å². The van der Waals surface area contributed by atoms with Crippen LogP contribution in [0.2, 0.25) is 0 Å². The molecule has 8 heteroatoms. The van der Waals surface area contributed by atoms with Gasteiger partial charge in [-0.25, -0.2) is 12.7 Å². The van der Waals surface area contributed by atoms with Crippen molar-refractivity contribution in [2.24, 2.45) is 0 Å². The fourth-order valence-electron chi connectivity index (χ4n) is 2.90. The van der Waals surface area contributed by atoms with Gasteiger partial charge in [-0.1, -0.05) is 42.5 Å². The van der Waals surface area contributed by atoms with Crippen molar-refractivity contribution in [2.45, 2.75) is 24.3 Å². The van der Waals surface area contributed by atoms with Crippen molar-refractivity contribution in [3.05, 3.63) is 65.7 Å². The normalized spacial score (nSPS) is 15.9. The highest BCUT2D eigenvalue weighted by atomic mass is 32.2. The molecule has 1 N–H and O–H groups in total. The number of amides is 2. The molecule has 0 saturated carbocycles. The van der Waals surface area contributed by atoms with Gasteiger partial charge in [0, 0.05) is 0 Å². The first-order valence-electron chi connectivity index (χ1n) is 8.30. The summed E-state index contributed by atoms with van der Waals surface area (Å²) in [7, 11) is -4.07. The molecule has 1 heterocycles. The van der Waals surface area contributed by atoms with E-state index in [-0.39, 0.29) is 22.7 Å². The fraction of sp³-hybridized carbons (Fsp3) is 0.211. The number of hydrogen-bond acceptors (Lipinski definition) is 5. The van der Waals surface area contributed by atoms with Crippen LogP contribution in [0.15, 0.2) is 59.5 Å². The first kappa shape index (κ1) is 18.8. The van der Waals surface area contributed by atoms with Gasteiger partial charge in [-0.05, 0) is 31.0 Å². The van der Waals surface area contributed by atoms with Crippen molar-refractivity contribution < 1.29 is 22.8 Å². The molecule has 1 unspecified atom stereocenters. The van der Waals surface area contributed by atoms with Crippen LogP contribution >= 0.6 is 0 Å². The Kier molecular flexibility index (Phi) is 5.09. The molecule has 0 radical (unpaired) electrons. The molecule has 3 rings (SSSR count). The maximum atomic E-state index is 12.5. The number of nitrogens with one attached hydrogen (secondary N) is 1. The van der Waals surface area contributed by atoms with E-state index < -0.39 is 34.4 Å². The summed E-state index contributed by atoms with van der Waals surface area (Å²) in [6, 6.07) is 14.1. The van der Waals surface area contributed by atoms with Crippen LogP contribution in [-0.2, 0) is 26.0 Å². The van der Waals surface area contributed by atoms with Crippen molar-refractivity contribution in [3.63, 3.8) is 0 Å². The van der Waals surface area contributed by atoms with Gasteiger partial charge in [-0.3, -0.25) is 14.4 Å². The van der Waals surface area contributed by atoms with Crippen molar-refractivity contribution in [2.75, 3.05) is 6.54 Å². The Morgan fingerprint density at radius 3 is 2.30 bits per heavy atom. The molecule has 2 aromatic rings. The van der Waals surface area contributed by atoms with E-state index in [9.17, 15) is 22.8 Å². The Hall–Kier alpha value is -3.00. The van der Waals surface area contributed by atoms with Gasteiger partial charge in [-0.2, -0.15) is 0 Å². The Morgan fingerprint density at radius 1 is 1.04 bits per heavy atom. The number of rotatable bonds is 6. The van der Waals surface area contributed by atoms with Crippen LogP contribution in [0, 0.1) is 0 Å². The first-order chi connectivity index (χ1) is 12.8. The van der Waals surface area contributed by atoms with Crippen LogP contribution < -0.4 is 5.32 Å². The monoisotopic (exact) mass is 386 g/mol. The Labute approximate surface area is 157 Å². The SMILES string of the molecule is CC(=O)C(Cc1ccccc1)NC(=O)CN1C(=O)c2ccccc2S1(=O)=O. The smallest absolute Gasteiger partial charge is 0.269 e. The lowest BCUT2D eigenvalue weighted by Crippen LogP contribution is -2.47. The molecule has 1 atom stereocenters. The summed E-state index contributed by atoms with van der Waals surface area (Å²) in [5, 5.41) is 2.53. The standard InChI is InChI=1S/C19H18N2O5S/c1-13(22)16(11-14-7-3-2-4-8-14)20-18(23)12-21-19(24)15-9-5-6-10-17(15)27(21,25)26/h2-10,16H,11-12H2,1H3,(H,20,23). The highest BCUT2D eigenvalue weighted by Crippen LogP contribution is 2.29. The van der Waals surface area contributed by atoms with E-state index in [0.717, 1.165) is 5.56 Å². The highest BCUT2D eigenvalue weighted by molar-refractivity contribution is 7.90. The van der Waals surface area contributed by atoms with Crippen LogP contribution in [0.25, 0.3) is 0 Å². The summed E-state index contributed by atoms with van der Waals surface area (Å²) in [6.07, 6.45) is 0.281. The average Bonchev–Trinajstić information content (AvgIpc) is 2.83. The van der Waals surface area contributed by atoms with Gasteiger partial charge in [0.2, 0.25) is 5.91 Å². The molecule has 140 valence electrons. The van der Waals surface area contributed by atoms with Crippen molar-refractivity contribution in [1.29, 1.82) is 0 Å². The number of sulfonamides is 1. The Bertz CT molecular complexity index is 1000. The lowest BCUT2D eigenvalue weighted by Gasteiger charge is -2.19. The number of carbonyl (C=O) groups is 3.